The minimum atomic E-state index is -0.742. The van der Waals surface area contributed by atoms with Crippen molar-refractivity contribution in [3.63, 3.8) is 0 Å². The van der Waals surface area contributed by atoms with Gasteiger partial charge < -0.3 is 19.8 Å². The number of ether oxygens (including phenoxy) is 2. The zero-order valence-corrected chi connectivity index (χ0v) is 13.1. The van der Waals surface area contributed by atoms with Crippen LogP contribution in [0.4, 0.5) is 11.6 Å². The van der Waals surface area contributed by atoms with E-state index in [0.29, 0.717) is 17.1 Å². The molecule has 10 heteroatoms. The Bertz CT molecular complexity index is 1220. The SMILES string of the molecule is O=c1[nH]c2c(c(=O)[nH]1)C(c1ccc3c(c1)OCO3)c1c(nc[nH]c1=O)N2. The zero-order valence-electron chi connectivity index (χ0n) is 13.1. The quantitative estimate of drug-likeness (QED) is 0.380. The van der Waals surface area contributed by atoms with Gasteiger partial charge in [-0.1, -0.05) is 6.07 Å². The number of H-pyrrole nitrogens is 3. The van der Waals surface area contributed by atoms with Gasteiger partial charge in [-0.15, -0.1) is 0 Å². The van der Waals surface area contributed by atoms with Crippen LogP contribution in [0.5, 0.6) is 11.5 Å². The summed E-state index contributed by atoms with van der Waals surface area (Å²) >= 11 is 0. The Morgan fingerprint density at radius 1 is 1.00 bits per heavy atom. The number of aromatic amines is 3. The van der Waals surface area contributed by atoms with E-state index in [1.54, 1.807) is 18.2 Å². The van der Waals surface area contributed by atoms with E-state index in [1.165, 1.54) is 6.33 Å². The maximum atomic E-state index is 12.5. The summed E-state index contributed by atoms with van der Waals surface area (Å²) in [6.45, 7) is 0.105. The summed E-state index contributed by atoms with van der Waals surface area (Å²) in [6, 6.07) is 5.17. The van der Waals surface area contributed by atoms with E-state index < -0.39 is 17.2 Å². The Kier molecular flexibility index (Phi) is 2.84. The van der Waals surface area contributed by atoms with Gasteiger partial charge in [0.05, 0.1) is 23.4 Å². The number of benzene rings is 1. The van der Waals surface area contributed by atoms with Crippen molar-refractivity contribution in [1.82, 2.24) is 19.9 Å². The van der Waals surface area contributed by atoms with Crippen LogP contribution in [0.25, 0.3) is 0 Å². The van der Waals surface area contributed by atoms with Gasteiger partial charge in [0.15, 0.2) is 11.5 Å². The molecule has 1 aromatic carbocycles. The maximum absolute atomic E-state index is 12.5. The second kappa shape index (κ2) is 5.09. The predicted octanol–water partition coefficient (Wildman–Crippen LogP) is 0.112. The third kappa shape index (κ3) is 1.98. The molecule has 0 bridgehead atoms. The number of fused-ring (bicyclic) bond motifs is 3. The highest BCUT2D eigenvalue weighted by atomic mass is 16.7. The molecule has 0 radical (unpaired) electrons. The molecule has 130 valence electrons. The fourth-order valence-corrected chi connectivity index (χ4v) is 3.34. The van der Waals surface area contributed by atoms with Crippen LogP contribution in [0.2, 0.25) is 0 Å². The first kappa shape index (κ1) is 14.5. The molecule has 3 aromatic rings. The van der Waals surface area contributed by atoms with Gasteiger partial charge in [-0.2, -0.15) is 0 Å². The van der Waals surface area contributed by atoms with Gasteiger partial charge in [0.2, 0.25) is 6.79 Å². The van der Waals surface area contributed by atoms with Gasteiger partial charge in [-0.05, 0) is 17.7 Å². The third-order valence-electron chi connectivity index (χ3n) is 4.42. The molecule has 0 saturated carbocycles. The first-order valence-electron chi connectivity index (χ1n) is 7.72. The second-order valence-electron chi connectivity index (χ2n) is 5.86. The van der Waals surface area contributed by atoms with E-state index in [2.05, 4.69) is 25.3 Å². The third-order valence-corrected chi connectivity index (χ3v) is 4.42. The summed E-state index contributed by atoms with van der Waals surface area (Å²) < 4.78 is 10.7. The average Bonchev–Trinajstić information content (AvgIpc) is 3.07. The fourth-order valence-electron chi connectivity index (χ4n) is 3.34. The molecule has 26 heavy (non-hydrogen) atoms. The molecule has 0 fully saturated rings. The van der Waals surface area contributed by atoms with Crippen LogP contribution in [0.3, 0.4) is 0 Å². The largest absolute Gasteiger partial charge is 0.454 e. The Morgan fingerprint density at radius 3 is 2.73 bits per heavy atom. The summed E-state index contributed by atoms with van der Waals surface area (Å²) in [4.78, 5) is 48.1. The molecule has 2 aliphatic rings. The van der Waals surface area contributed by atoms with Gasteiger partial charge in [-0.25, -0.2) is 9.78 Å². The standard InChI is InChI=1S/C16H11N5O5/c22-14-10-9(6-1-2-7-8(3-6)26-5-25-7)11-13(19-12(10)17-4-18-14)20-16(24)21-15(11)23/h1-4,9H,5H2,(H4,17,18,19,20,21,22,23,24). The van der Waals surface area contributed by atoms with Crippen molar-refractivity contribution in [2.45, 2.75) is 5.92 Å². The molecule has 0 amide bonds. The number of nitrogens with zero attached hydrogens (tertiary/aromatic N) is 1. The van der Waals surface area contributed by atoms with Gasteiger partial charge in [0.1, 0.15) is 11.6 Å². The van der Waals surface area contributed by atoms with Crippen LogP contribution < -0.4 is 31.6 Å². The lowest BCUT2D eigenvalue weighted by Crippen LogP contribution is -2.34. The second-order valence-corrected chi connectivity index (χ2v) is 5.86. The Morgan fingerprint density at radius 2 is 1.85 bits per heavy atom. The number of hydrogen-bond acceptors (Lipinski definition) is 7. The Labute approximate surface area is 143 Å². The van der Waals surface area contributed by atoms with Crippen molar-refractivity contribution in [1.29, 1.82) is 0 Å². The minimum absolute atomic E-state index is 0.105. The summed E-state index contributed by atoms with van der Waals surface area (Å²) in [6.07, 6.45) is 1.25. The highest BCUT2D eigenvalue weighted by molar-refractivity contribution is 5.70. The smallest absolute Gasteiger partial charge is 0.327 e. The summed E-state index contributed by atoms with van der Waals surface area (Å²) in [5, 5.41) is 2.85. The molecule has 4 N–H and O–H groups in total. The molecule has 10 nitrogen and oxygen atoms in total. The molecule has 1 atom stereocenters. The molecule has 0 saturated heterocycles. The molecule has 0 spiro atoms. The van der Waals surface area contributed by atoms with Crippen LogP contribution >= 0.6 is 0 Å². The van der Waals surface area contributed by atoms with Crippen molar-refractivity contribution < 1.29 is 9.47 Å². The van der Waals surface area contributed by atoms with Gasteiger partial charge in [-0.3, -0.25) is 19.6 Å². The number of hydrogen-bond donors (Lipinski definition) is 4. The fraction of sp³-hybridized carbons (Fsp3) is 0.125. The van der Waals surface area contributed by atoms with Crippen molar-refractivity contribution in [3.8, 4) is 11.5 Å². The molecular formula is C16H11N5O5. The van der Waals surface area contributed by atoms with E-state index in [1.807, 2.05) is 0 Å². The molecule has 2 aliphatic heterocycles. The van der Waals surface area contributed by atoms with Crippen molar-refractivity contribution >= 4 is 11.6 Å². The highest BCUT2D eigenvalue weighted by Gasteiger charge is 2.34. The van der Waals surface area contributed by atoms with Crippen LogP contribution in [-0.4, -0.2) is 26.7 Å². The molecular weight excluding hydrogens is 342 g/mol. The minimum Gasteiger partial charge on any atom is -0.454 e. The number of aromatic nitrogens is 4. The van der Waals surface area contributed by atoms with Crippen LogP contribution in [0.1, 0.15) is 22.6 Å². The van der Waals surface area contributed by atoms with Crippen molar-refractivity contribution in [2.24, 2.45) is 0 Å². The molecule has 5 rings (SSSR count). The van der Waals surface area contributed by atoms with Crippen molar-refractivity contribution in [3.05, 3.63) is 72.4 Å². The number of anilines is 2. The lowest BCUT2D eigenvalue weighted by atomic mass is 9.84. The van der Waals surface area contributed by atoms with E-state index in [4.69, 9.17) is 9.47 Å². The maximum Gasteiger partial charge on any atom is 0.327 e. The molecule has 0 aliphatic carbocycles. The normalized spacial score (nSPS) is 16.5. The summed E-state index contributed by atoms with van der Waals surface area (Å²) in [5.41, 5.74) is -0.506. The Balaban J connectivity index is 1.83. The lowest BCUT2D eigenvalue weighted by molar-refractivity contribution is 0.174. The lowest BCUT2D eigenvalue weighted by Gasteiger charge is -2.26. The topological polar surface area (TPSA) is 142 Å². The molecule has 2 aromatic heterocycles. The molecule has 1 unspecified atom stereocenters. The van der Waals surface area contributed by atoms with Crippen LogP contribution in [-0.2, 0) is 0 Å². The van der Waals surface area contributed by atoms with E-state index in [0.717, 1.165) is 0 Å². The number of nitrogens with one attached hydrogen (secondary N) is 4. The summed E-state index contributed by atoms with van der Waals surface area (Å²) in [7, 11) is 0. The molecule has 4 heterocycles. The van der Waals surface area contributed by atoms with E-state index in [-0.39, 0.29) is 35.1 Å². The zero-order chi connectivity index (χ0) is 17.8. The van der Waals surface area contributed by atoms with Crippen LogP contribution in [0.15, 0.2) is 38.9 Å². The van der Waals surface area contributed by atoms with E-state index >= 15 is 0 Å². The summed E-state index contributed by atoms with van der Waals surface area (Å²) in [5.74, 6) is 0.829. The van der Waals surface area contributed by atoms with E-state index in [9.17, 15) is 14.4 Å². The van der Waals surface area contributed by atoms with Gasteiger partial charge in [0.25, 0.3) is 11.1 Å². The average molecular weight is 353 g/mol. The highest BCUT2D eigenvalue weighted by Crippen LogP contribution is 2.42. The Hall–Kier alpha value is -3.82. The van der Waals surface area contributed by atoms with Gasteiger partial charge in [0, 0.05) is 0 Å². The van der Waals surface area contributed by atoms with Crippen LogP contribution in [0, 0.1) is 0 Å². The van der Waals surface area contributed by atoms with Crippen molar-refractivity contribution in [2.75, 3.05) is 12.1 Å². The number of rotatable bonds is 1. The predicted molar refractivity (Wildman–Crippen MR) is 89.3 cm³/mol. The van der Waals surface area contributed by atoms with Gasteiger partial charge >= 0.3 is 5.69 Å². The monoisotopic (exact) mass is 353 g/mol. The first-order valence-corrected chi connectivity index (χ1v) is 7.72. The first-order chi connectivity index (χ1) is 12.6.